The van der Waals surface area contributed by atoms with Gasteiger partial charge in [-0.2, -0.15) is 0 Å². The van der Waals surface area contributed by atoms with E-state index in [2.05, 4.69) is 32.7 Å². The molecule has 0 saturated carbocycles. The molecule has 136 valence electrons. The smallest absolute Gasteiger partial charge is 0.191 e. The average Bonchev–Trinajstić information content (AvgIpc) is 3.07. The molecule has 0 spiro atoms. The van der Waals surface area contributed by atoms with E-state index in [1.54, 1.807) is 6.33 Å². The lowest BCUT2D eigenvalue weighted by Gasteiger charge is -2.12. The summed E-state index contributed by atoms with van der Waals surface area (Å²) in [6.07, 6.45) is 2.61. The molecule has 2 rings (SSSR count). The Morgan fingerprint density at radius 2 is 2.04 bits per heavy atom. The molecule has 0 unspecified atom stereocenters. The Labute approximate surface area is 153 Å². The average molecular weight is 365 g/mol. The van der Waals surface area contributed by atoms with E-state index >= 15 is 0 Å². The van der Waals surface area contributed by atoms with Crippen LogP contribution in [0.3, 0.4) is 0 Å². The van der Waals surface area contributed by atoms with Crippen LogP contribution in [0.2, 0.25) is 5.02 Å². The molecule has 0 fully saturated rings. The lowest BCUT2D eigenvalue weighted by atomic mass is 10.3. The van der Waals surface area contributed by atoms with E-state index in [1.807, 2.05) is 35.8 Å². The molecule has 1 aromatic carbocycles. The van der Waals surface area contributed by atoms with Gasteiger partial charge in [-0.3, -0.25) is 4.99 Å². The van der Waals surface area contributed by atoms with Crippen LogP contribution in [0.5, 0.6) is 5.75 Å². The Morgan fingerprint density at radius 3 is 2.76 bits per heavy atom. The largest absolute Gasteiger partial charge is 0.492 e. The Balaban J connectivity index is 1.74. The molecular formula is C17H25ClN6O. The number of hydrogen-bond acceptors (Lipinski definition) is 4. The molecule has 0 aliphatic carbocycles. The summed E-state index contributed by atoms with van der Waals surface area (Å²) in [6.45, 7) is 7.51. The van der Waals surface area contributed by atoms with Crippen molar-refractivity contribution in [3.8, 4) is 5.75 Å². The van der Waals surface area contributed by atoms with E-state index < -0.39 is 0 Å². The van der Waals surface area contributed by atoms with Gasteiger partial charge < -0.3 is 19.9 Å². The van der Waals surface area contributed by atoms with Crippen LogP contribution in [0, 0.1) is 0 Å². The van der Waals surface area contributed by atoms with Crippen LogP contribution >= 0.6 is 11.6 Å². The quantitative estimate of drug-likeness (QED) is 0.405. The van der Waals surface area contributed by atoms with Crippen molar-refractivity contribution < 1.29 is 4.74 Å². The number of benzene rings is 1. The van der Waals surface area contributed by atoms with E-state index in [0.29, 0.717) is 24.7 Å². The van der Waals surface area contributed by atoms with Gasteiger partial charge in [0.15, 0.2) is 5.96 Å². The number of hydrogen-bond donors (Lipinski definition) is 2. The molecular weight excluding hydrogens is 340 g/mol. The van der Waals surface area contributed by atoms with E-state index in [1.165, 1.54) is 0 Å². The molecule has 0 amide bonds. The van der Waals surface area contributed by atoms with Gasteiger partial charge in [-0.25, -0.2) is 0 Å². The molecule has 0 aliphatic rings. The highest BCUT2D eigenvalue weighted by Gasteiger charge is 2.01. The maximum Gasteiger partial charge on any atom is 0.191 e. The molecule has 1 heterocycles. The molecule has 0 saturated heterocycles. The van der Waals surface area contributed by atoms with Crippen LogP contribution in [-0.4, -0.2) is 47.0 Å². The number of halogens is 1. The van der Waals surface area contributed by atoms with Crippen molar-refractivity contribution in [2.24, 2.45) is 4.99 Å². The first-order valence-electron chi connectivity index (χ1n) is 8.50. The second kappa shape index (κ2) is 10.6. The molecule has 8 heteroatoms. The molecule has 1 aromatic heterocycles. The normalized spacial score (nSPS) is 11.4. The lowest BCUT2D eigenvalue weighted by Crippen LogP contribution is -2.39. The first kappa shape index (κ1) is 19.1. The van der Waals surface area contributed by atoms with Crippen LogP contribution in [0.4, 0.5) is 0 Å². The molecule has 2 aromatic rings. The van der Waals surface area contributed by atoms with Gasteiger partial charge in [0.25, 0.3) is 0 Å². The number of nitrogens with zero attached hydrogens (tertiary/aromatic N) is 4. The lowest BCUT2D eigenvalue weighted by molar-refractivity contribution is 0.322. The SMILES string of the molecule is CCNC(=NCCn1cnnc1CC)NCCOc1ccc(Cl)cc1. The zero-order valence-corrected chi connectivity index (χ0v) is 15.5. The van der Waals surface area contributed by atoms with Crippen molar-refractivity contribution in [3.05, 3.63) is 41.4 Å². The zero-order chi connectivity index (χ0) is 17.9. The number of guanidine groups is 1. The maximum absolute atomic E-state index is 5.85. The summed E-state index contributed by atoms with van der Waals surface area (Å²) in [6, 6.07) is 7.33. The molecule has 25 heavy (non-hydrogen) atoms. The Hall–Kier alpha value is -2.28. The first-order chi connectivity index (χ1) is 12.2. The summed E-state index contributed by atoms with van der Waals surface area (Å²) >= 11 is 5.85. The van der Waals surface area contributed by atoms with Gasteiger partial charge in [0, 0.05) is 24.5 Å². The van der Waals surface area contributed by atoms with Crippen LogP contribution in [0.25, 0.3) is 0 Å². The minimum atomic E-state index is 0.539. The molecule has 0 atom stereocenters. The molecule has 7 nitrogen and oxygen atoms in total. The van der Waals surface area contributed by atoms with Crippen molar-refractivity contribution in [2.75, 3.05) is 26.2 Å². The number of aliphatic imine (C=N–C) groups is 1. The van der Waals surface area contributed by atoms with E-state index in [-0.39, 0.29) is 0 Å². The van der Waals surface area contributed by atoms with Gasteiger partial charge in [-0.05, 0) is 31.2 Å². The third kappa shape index (κ3) is 6.62. The molecule has 0 bridgehead atoms. The summed E-state index contributed by atoms with van der Waals surface area (Å²) in [5.74, 6) is 2.55. The van der Waals surface area contributed by atoms with Crippen molar-refractivity contribution in [1.82, 2.24) is 25.4 Å². The predicted molar refractivity (Wildman–Crippen MR) is 100 cm³/mol. The summed E-state index contributed by atoms with van der Waals surface area (Å²) in [5, 5.41) is 15.2. The zero-order valence-electron chi connectivity index (χ0n) is 14.7. The minimum absolute atomic E-state index is 0.539. The summed E-state index contributed by atoms with van der Waals surface area (Å²) in [5.41, 5.74) is 0. The van der Waals surface area contributed by atoms with Crippen LogP contribution in [0.15, 0.2) is 35.6 Å². The number of nitrogens with one attached hydrogen (secondary N) is 2. The topological polar surface area (TPSA) is 76.4 Å². The minimum Gasteiger partial charge on any atom is -0.492 e. The number of rotatable bonds is 9. The van der Waals surface area contributed by atoms with Gasteiger partial charge in [-0.1, -0.05) is 18.5 Å². The second-order valence-electron chi connectivity index (χ2n) is 5.28. The van der Waals surface area contributed by atoms with Gasteiger partial charge in [0.05, 0.1) is 13.1 Å². The highest BCUT2D eigenvalue weighted by Crippen LogP contribution is 2.15. The summed E-state index contributed by atoms with van der Waals surface area (Å²) < 4.78 is 7.68. The monoisotopic (exact) mass is 364 g/mol. The predicted octanol–water partition coefficient (Wildman–Crippen LogP) is 2.13. The van der Waals surface area contributed by atoms with E-state index in [9.17, 15) is 0 Å². The Kier molecular flexibility index (Phi) is 8.04. The molecule has 0 radical (unpaired) electrons. The van der Waals surface area contributed by atoms with Gasteiger partial charge in [0.2, 0.25) is 0 Å². The number of aryl methyl sites for hydroxylation is 1. The van der Waals surface area contributed by atoms with Gasteiger partial charge in [-0.15, -0.1) is 10.2 Å². The van der Waals surface area contributed by atoms with E-state index in [4.69, 9.17) is 16.3 Å². The highest BCUT2D eigenvalue weighted by atomic mass is 35.5. The van der Waals surface area contributed by atoms with Crippen molar-refractivity contribution in [1.29, 1.82) is 0 Å². The first-order valence-corrected chi connectivity index (χ1v) is 8.88. The number of ether oxygens (including phenoxy) is 1. The third-order valence-electron chi connectivity index (χ3n) is 3.44. The fraction of sp³-hybridized carbons (Fsp3) is 0.471. The van der Waals surface area contributed by atoms with Crippen molar-refractivity contribution in [3.63, 3.8) is 0 Å². The standard InChI is InChI=1S/C17H25ClN6O/c1-3-16-23-22-13-24(16)11-9-20-17(19-4-2)21-10-12-25-15-7-5-14(18)6-8-15/h5-8,13H,3-4,9-12H2,1-2H3,(H2,19,20,21). The van der Waals surface area contributed by atoms with Crippen LogP contribution in [0.1, 0.15) is 19.7 Å². The van der Waals surface area contributed by atoms with Gasteiger partial charge >= 0.3 is 0 Å². The summed E-state index contributed by atoms with van der Waals surface area (Å²) in [7, 11) is 0. The number of aromatic nitrogens is 3. The van der Waals surface area contributed by atoms with E-state index in [0.717, 1.165) is 37.0 Å². The fourth-order valence-corrected chi connectivity index (χ4v) is 2.35. The third-order valence-corrected chi connectivity index (χ3v) is 3.70. The summed E-state index contributed by atoms with van der Waals surface area (Å²) in [4.78, 5) is 4.56. The highest BCUT2D eigenvalue weighted by molar-refractivity contribution is 6.30. The van der Waals surface area contributed by atoms with Crippen LogP contribution < -0.4 is 15.4 Å². The fourth-order valence-electron chi connectivity index (χ4n) is 2.22. The molecule has 0 aliphatic heterocycles. The van der Waals surface area contributed by atoms with Crippen molar-refractivity contribution in [2.45, 2.75) is 26.8 Å². The Bertz CT molecular complexity index is 655. The Morgan fingerprint density at radius 1 is 1.24 bits per heavy atom. The molecule has 2 N–H and O–H groups in total. The second-order valence-corrected chi connectivity index (χ2v) is 5.72. The van der Waals surface area contributed by atoms with Gasteiger partial charge in [0.1, 0.15) is 24.5 Å². The van der Waals surface area contributed by atoms with Crippen LogP contribution in [-0.2, 0) is 13.0 Å². The van der Waals surface area contributed by atoms with Crippen molar-refractivity contribution >= 4 is 17.6 Å². The maximum atomic E-state index is 5.85.